The van der Waals surface area contributed by atoms with Crippen molar-refractivity contribution >= 4 is 0 Å². The van der Waals surface area contributed by atoms with E-state index in [0.717, 1.165) is 18.8 Å². The smallest absolute Gasteiger partial charge is 0.0982 e. The van der Waals surface area contributed by atoms with E-state index in [0.29, 0.717) is 12.5 Å². The molecule has 0 radical (unpaired) electrons. The molecule has 5 atom stereocenters. The first-order valence-corrected chi connectivity index (χ1v) is 6.59. The lowest BCUT2D eigenvalue weighted by molar-refractivity contribution is -0.0836. The lowest BCUT2D eigenvalue weighted by Crippen LogP contribution is -2.45. The summed E-state index contributed by atoms with van der Waals surface area (Å²) in [7, 11) is 1.61. The van der Waals surface area contributed by atoms with Gasteiger partial charge < -0.3 is 20.3 Å². The standard InChI is InChI=1S/C13H27NO3/c1-9-4-5-11(6-10(9)2)17-13(7-15)12(14)8-16-3/h9-13,15H,4-8,14H2,1-3H3. The SMILES string of the molecule is COCC(N)C(CO)OC1CCC(C)C(C)C1. The number of aliphatic hydroxyl groups is 1. The summed E-state index contributed by atoms with van der Waals surface area (Å²) in [5.41, 5.74) is 5.91. The minimum atomic E-state index is -0.305. The Kier molecular flexibility index (Phi) is 6.41. The van der Waals surface area contributed by atoms with Crippen LogP contribution < -0.4 is 5.73 Å². The molecule has 0 saturated heterocycles. The van der Waals surface area contributed by atoms with Gasteiger partial charge in [0.25, 0.3) is 0 Å². The number of ether oxygens (including phenoxy) is 2. The number of rotatable bonds is 6. The Bertz CT molecular complexity index is 213. The Hall–Kier alpha value is -0.160. The molecule has 0 aromatic heterocycles. The average molecular weight is 245 g/mol. The van der Waals surface area contributed by atoms with E-state index in [4.69, 9.17) is 15.2 Å². The first kappa shape index (κ1) is 14.9. The second-order valence-corrected chi connectivity index (χ2v) is 5.37. The Balaban J connectivity index is 2.40. The molecule has 3 N–H and O–H groups in total. The number of aliphatic hydroxyl groups excluding tert-OH is 1. The number of hydrogen-bond donors (Lipinski definition) is 2. The fourth-order valence-electron chi connectivity index (χ4n) is 2.45. The number of methoxy groups -OCH3 is 1. The van der Waals surface area contributed by atoms with Crippen LogP contribution in [0.15, 0.2) is 0 Å². The molecule has 1 rings (SSSR count). The third-order valence-electron chi connectivity index (χ3n) is 3.93. The minimum absolute atomic E-state index is 0.0367. The van der Waals surface area contributed by atoms with Crippen LogP contribution in [0.3, 0.4) is 0 Å². The summed E-state index contributed by atoms with van der Waals surface area (Å²) >= 11 is 0. The van der Waals surface area contributed by atoms with Crippen molar-refractivity contribution in [1.82, 2.24) is 0 Å². The van der Waals surface area contributed by atoms with Gasteiger partial charge in [-0.1, -0.05) is 13.8 Å². The molecule has 1 aliphatic rings. The van der Waals surface area contributed by atoms with Crippen LogP contribution in [-0.4, -0.2) is 43.7 Å². The molecule has 5 unspecified atom stereocenters. The molecule has 4 nitrogen and oxygen atoms in total. The van der Waals surface area contributed by atoms with Gasteiger partial charge in [-0.3, -0.25) is 0 Å². The lowest BCUT2D eigenvalue weighted by Gasteiger charge is -2.35. The zero-order chi connectivity index (χ0) is 12.8. The van der Waals surface area contributed by atoms with Crippen LogP contribution in [0.5, 0.6) is 0 Å². The van der Waals surface area contributed by atoms with Crippen molar-refractivity contribution in [3.63, 3.8) is 0 Å². The molecule has 102 valence electrons. The summed E-state index contributed by atoms with van der Waals surface area (Å²) < 4.78 is 10.9. The Morgan fingerprint density at radius 1 is 1.29 bits per heavy atom. The fraction of sp³-hybridized carbons (Fsp3) is 1.00. The summed E-state index contributed by atoms with van der Waals surface area (Å²) in [6.45, 7) is 4.94. The van der Waals surface area contributed by atoms with E-state index in [2.05, 4.69) is 13.8 Å². The zero-order valence-electron chi connectivity index (χ0n) is 11.3. The van der Waals surface area contributed by atoms with Gasteiger partial charge in [0.05, 0.1) is 31.5 Å². The predicted octanol–water partition coefficient (Wildman–Crippen LogP) is 1.16. The van der Waals surface area contributed by atoms with Crippen LogP contribution in [-0.2, 0) is 9.47 Å². The van der Waals surface area contributed by atoms with E-state index in [1.165, 1.54) is 6.42 Å². The first-order valence-electron chi connectivity index (χ1n) is 6.59. The van der Waals surface area contributed by atoms with Gasteiger partial charge in [0.2, 0.25) is 0 Å². The second kappa shape index (κ2) is 7.31. The summed E-state index contributed by atoms with van der Waals surface area (Å²) in [6.07, 6.45) is 3.27. The van der Waals surface area contributed by atoms with E-state index < -0.39 is 0 Å². The average Bonchev–Trinajstić information content (AvgIpc) is 2.30. The molecule has 0 spiro atoms. The van der Waals surface area contributed by atoms with Crippen LogP contribution in [0.2, 0.25) is 0 Å². The maximum Gasteiger partial charge on any atom is 0.0982 e. The topological polar surface area (TPSA) is 64.7 Å². The minimum Gasteiger partial charge on any atom is -0.394 e. The Morgan fingerprint density at radius 3 is 2.53 bits per heavy atom. The summed E-state index contributed by atoms with van der Waals surface area (Å²) in [6, 6.07) is -0.250. The molecule has 1 saturated carbocycles. The third kappa shape index (κ3) is 4.54. The summed E-state index contributed by atoms with van der Waals surface area (Å²) in [5, 5.41) is 9.31. The number of nitrogens with two attached hydrogens (primary N) is 1. The number of hydrogen-bond acceptors (Lipinski definition) is 4. The summed E-state index contributed by atoms with van der Waals surface area (Å²) in [5.74, 6) is 1.46. The normalized spacial score (nSPS) is 33.4. The van der Waals surface area contributed by atoms with Crippen LogP contribution in [0, 0.1) is 11.8 Å². The van der Waals surface area contributed by atoms with Crippen molar-refractivity contribution in [2.45, 2.75) is 51.4 Å². The maximum atomic E-state index is 9.31. The molecule has 17 heavy (non-hydrogen) atoms. The van der Waals surface area contributed by atoms with Gasteiger partial charge in [0.15, 0.2) is 0 Å². The predicted molar refractivity (Wildman–Crippen MR) is 67.8 cm³/mol. The molecule has 0 aromatic rings. The van der Waals surface area contributed by atoms with Gasteiger partial charge in [-0.2, -0.15) is 0 Å². The van der Waals surface area contributed by atoms with Crippen molar-refractivity contribution in [2.24, 2.45) is 17.6 Å². The second-order valence-electron chi connectivity index (χ2n) is 5.37. The van der Waals surface area contributed by atoms with E-state index in [1.54, 1.807) is 7.11 Å². The molecule has 1 aliphatic carbocycles. The van der Waals surface area contributed by atoms with Gasteiger partial charge >= 0.3 is 0 Å². The summed E-state index contributed by atoms with van der Waals surface area (Å²) in [4.78, 5) is 0. The van der Waals surface area contributed by atoms with Crippen molar-refractivity contribution in [3.8, 4) is 0 Å². The molecular formula is C13H27NO3. The van der Waals surface area contributed by atoms with Gasteiger partial charge in [-0.05, 0) is 31.1 Å². The first-order chi connectivity index (χ1) is 8.08. The van der Waals surface area contributed by atoms with Gasteiger partial charge in [0, 0.05) is 7.11 Å². The third-order valence-corrected chi connectivity index (χ3v) is 3.93. The van der Waals surface area contributed by atoms with Crippen LogP contribution in [0.1, 0.15) is 33.1 Å². The molecular weight excluding hydrogens is 218 g/mol. The molecule has 0 aliphatic heterocycles. The van der Waals surface area contributed by atoms with E-state index >= 15 is 0 Å². The van der Waals surface area contributed by atoms with Crippen molar-refractivity contribution < 1.29 is 14.6 Å². The van der Waals surface area contributed by atoms with E-state index in [1.807, 2.05) is 0 Å². The van der Waals surface area contributed by atoms with E-state index in [-0.39, 0.29) is 24.9 Å². The van der Waals surface area contributed by atoms with Crippen LogP contribution >= 0.6 is 0 Å². The molecule has 0 heterocycles. The zero-order valence-corrected chi connectivity index (χ0v) is 11.3. The molecule has 0 bridgehead atoms. The van der Waals surface area contributed by atoms with Gasteiger partial charge in [-0.15, -0.1) is 0 Å². The highest BCUT2D eigenvalue weighted by molar-refractivity contribution is 4.79. The largest absolute Gasteiger partial charge is 0.394 e. The fourth-order valence-corrected chi connectivity index (χ4v) is 2.45. The van der Waals surface area contributed by atoms with Crippen molar-refractivity contribution in [3.05, 3.63) is 0 Å². The highest BCUT2D eigenvalue weighted by Crippen LogP contribution is 2.31. The maximum absolute atomic E-state index is 9.31. The highest BCUT2D eigenvalue weighted by atomic mass is 16.5. The highest BCUT2D eigenvalue weighted by Gasteiger charge is 2.28. The van der Waals surface area contributed by atoms with Crippen LogP contribution in [0.4, 0.5) is 0 Å². The molecule has 0 aromatic carbocycles. The van der Waals surface area contributed by atoms with Gasteiger partial charge in [-0.25, -0.2) is 0 Å². The van der Waals surface area contributed by atoms with E-state index in [9.17, 15) is 5.11 Å². The van der Waals surface area contributed by atoms with Crippen molar-refractivity contribution in [2.75, 3.05) is 20.3 Å². The van der Waals surface area contributed by atoms with Crippen molar-refractivity contribution in [1.29, 1.82) is 0 Å². The molecule has 1 fully saturated rings. The lowest BCUT2D eigenvalue weighted by atomic mass is 9.80. The molecule has 4 heteroatoms. The molecule has 0 amide bonds. The van der Waals surface area contributed by atoms with Gasteiger partial charge in [0.1, 0.15) is 0 Å². The van der Waals surface area contributed by atoms with Crippen LogP contribution in [0.25, 0.3) is 0 Å². The quantitative estimate of drug-likeness (QED) is 0.737. The Labute approximate surface area is 104 Å². The monoisotopic (exact) mass is 245 g/mol. The Morgan fingerprint density at radius 2 is 2.00 bits per heavy atom.